The van der Waals surface area contributed by atoms with E-state index in [-0.39, 0.29) is 11.8 Å². The minimum Gasteiger partial charge on any atom is -0.493 e. The molecule has 0 radical (unpaired) electrons. The van der Waals surface area contributed by atoms with Crippen LogP contribution in [0.2, 0.25) is 0 Å². The Morgan fingerprint density at radius 2 is 1.59 bits per heavy atom. The van der Waals surface area contributed by atoms with Crippen LogP contribution in [-0.4, -0.2) is 29.8 Å². The highest BCUT2D eigenvalue weighted by Crippen LogP contribution is 2.29. The number of unbranched alkanes of at least 4 members (excludes halogenated alkanes) is 3. The Hall–Kier alpha value is -3.71. The van der Waals surface area contributed by atoms with Gasteiger partial charge in [0.05, 0.1) is 12.8 Å². The first-order valence-electron chi connectivity index (χ1n) is 10.6. The quantitative estimate of drug-likeness (QED) is 0.180. The standard InChI is InChI=1S/C25H27N3O4/c29-24(28-31)14-6-1-2-9-17-32-23-16-15-22(20-12-7-8-13-21(20)23)25(30)27-26-18-19-10-4-3-5-11-19/h3-5,7-8,10-13,15-16,18,31H,1-2,6,9,14,17H2,(H,27,30)(H,28,29)/b26-18+. The number of carbonyl (C=O) groups excluding carboxylic acids is 2. The largest absolute Gasteiger partial charge is 0.493 e. The number of ether oxygens (including phenoxy) is 1. The van der Waals surface area contributed by atoms with Crippen molar-refractivity contribution >= 4 is 28.8 Å². The predicted octanol–water partition coefficient (Wildman–Crippen LogP) is 4.44. The molecule has 3 rings (SSSR count). The Kier molecular flexibility index (Phi) is 8.77. The molecule has 0 bridgehead atoms. The third-order valence-corrected chi connectivity index (χ3v) is 4.99. The van der Waals surface area contributed by atoms with Gasteiger partial charge in [0.1, 0.15) is 5.75 Å². The first-order chi connectivity index (χ1) is 15.7. The van der Waals surface area contributed by atoms with Gasteiger partial charge in [0.15, 0.2) is 0 Å². The highest BCUT2D eigenvalue weighted by molar-refractivity contribution is 6.08. The van der Waals surface area contributed by atoms with Crippen molar-refractivity contribution in [1.29, 1.82) is 0 Å². The zero-order valence-corrected chi connectivity index (χ0v) is 17.8. The second-order valence-corrected chi connectivity index (χ2v) is 7.31. The monoisotopic (exact) mass is 433 g/mol. The number of rotatable bonds is 11. The van der Waals surface area contributed by atoms with E-state index in [4.69, 9.17) is 9.94 Å². The third kappa shape index (κ3) is 6.65. The van der Waals surface area contributed by atoms with E-state index in [1.165, 1.54) is 0 Å². The van der Waals surface area contributed by atoms with Crippen LogP contribution in [-0.2, 0) is 4.79 Å². The van der Waals surface area contributed by atoms with Gasteiger partial charge in [-0.2, -0.15) is 5.10 Å². The van der Waals surface area contributed by atoms with Gasteiger partial charge >= 0.3 is 0 Å². The molecule has 0 aliphatic carbocycles. The summed E-state index contributed by atoms with van der Waals surface area (Å²) in [5.41, 5.74) is 5.65. The van der Waals surface area contributed by atoms with Crippen LogP contribution in [0.25, 0.3) is 10.8 Å². The van der Waals surface area contributed by atoms with Crippen LogP contribution in [0.5, 0.6) is 5.75 Å². The van der Waals surface area contributed by atoms with E-state index in [1.54, 1.807) is 17.8 Å². The Bertz CT molecular complexity index is 1070. The van der Waals surface area contributed by atoms with Crippen molar-refractivity contribution in [2.45, 2.75) is 32.1 Å². The molecule has 0 unspecified atom stereocenters. The van der Waals surface area contributed by atoms with Crippen LogP contribution in [0.3, 0.4) is 0 Å². The fourth-order valence-corrected chi connectivity index (χ4v) is 3.34. The number of hydrogen-bond donors (Lipinski definition) is 3. The summed E-state index contributed by atoms with van der Waals surface area (Å²) in [5.74, 6) is 0.0824. The number of benzene rings is 3. The van der Waals surface area contributed by atoms with Crippen LogP contribution in [0, 0.1) is 0 Å². The maximum Gasteiger partial charge on any atom is 0.271 e. The van der Waals surface area contributed by atoms with Crippen molar-refractivity contribution in [2.24, 2.45) is 5.10 Å². The molecule has 0 heterocycles. The number of hydrazone groups is 1. The molecule has 0 saturated carbocycles. The zero-order valence-electron chi connectivity index (χ0n) is 17.8. The van der Waals surface area contributed by atoms with E-state index >= 15 is 0 Å². The maximum atomic E-state index is 12.7. The summed E-state index contributed by atoms with van der Waals surface area (Å²) in [6.45, 7) is 0.545. The third-order valence-electron chi connectivity index (χ3n) is 4.99. The highest BCUT2D eigenvalue weighted by atomic mass is 16.5. The molecule has 3 aromatic rings. The number of nitrogens with one attached hydrogen (secondary N) is 2. The van der Waals surface area contributed by atoms with Gasteiger partial charge in [0.2, 0.25) is 5.91 Å². The molecule has 7 nitrogen and oxygen atoms in total. The van der Waals surface area contributed by atoms with E-state index in [0.29, 0.717) is 18.6 Å². The summed E-state index contributed by atoms with van der Waals surface area (Å²) in [5, 5.41) is 14.2. The fourth-order valence-electron chi connectivity index (χ4n) is 3.34. The van der Waals surface area contributed by atoms with Gasteiger partial charge in [0.25, 0.3) is 5.91 Å². The van der Waals surface area contributed by atoms with E-state index in [2.05, 4.69) is 10.5 Å². The average Bonchev–Trinajstić information content (AvgIpc) is 2.83. The zero-order chi connectivity index (χ0) is 22.6. The SMILES string of the molecule is O=C(CCCCCCOc1ccc(C(=O)N/N=C/c2ccccc2)c2ccccc12)NO. The molecule has 32 heavy (non-hydrogen) atoms. The number of carbonyl (C=O) groups is 2. The Morgan fingerprint density at radius 1 is 0.875 bits per heavy atom. The normalized spacial score (nSPS) is 10.9. The van der Waals surface area contributed by atoms with Crippen molar-refractivity contribution in [3.63, 3.8) is 0 Å². The van der Waals surface area contributed by atoms with Gasteiger partial charge < -0.3 is 4.74 Å². The second-order valence-electron chi connectivity index (χ2n) is 7.31. The van der Waals surface area contributed by atoms with Crippen LogP contribution >= 0.6 is 0 Å². The molecule has 0 spiro atoms. The first-order valence-corrected chi connectivity index (χ1v) is 10.6. The van der Waals surface area contributed by atoms with E-state index in [9.17, 15) is 9.59 Å². The summed E-state index contributed by atoms with van der Waals surface area (Å²) >= 11 is 0. The van der Waals surface area contributed by atoms with Gasteiger partial charge in [-0.3, -0.25) is 14.8 Å². The summed E-state index contributed by atoms with van der Waals surface area (Å²) in [7, 11) is 0. The molecule has 0 atom stereocenters. The van der Waals surface area contributed by atoms with Crippen LogP contribution in [0.1, 0.15) is 48.0 Å². The first kappa shape index (κ1) is 23.0. The lowest BCUT2D eigenvalue weighted by Crippen LogP contribution is -2.18. The van der Waals surface area contributed by atoms with Crippen LogP contribution < -0.4 is 15.6 Å². The number of nitrogens with zero attached hydrogens (tertiary/aromatic N) is 1. The Morgan fingerprint density at radius 3 is 2.38 bits per heavy atom. The van der Waals surface area contributed by atoms with Gasteiger partial charge in [-0.1, -0.05) is 67.4 Å². The fraction of sp³-hybridized carbons (Fsp3) is 0.240. The van der Waals surface area contributed by atoms with Crippen molar-refractivity contribution < 1.29 is 19.5 Å². The molecule has 7 heteroatoms. The highest BCUT2D eigenvalue weighted by Gasteiger charge is 2.12. The maximum absolute atomic E-state index is 12.7. The van der Waals surface area contributed by atoms with Gasteiger partial charge in [-0.15, -0.1) is 0 Å². The van der Waals surface area contributed by atoms with Crippen molar-refractivity contribution in [3.8, 4) is 5.75 Å². The summed E-state index contributed by atoms with van der Waals surface area (Å²) < 4.78 is 5.96. The van der Waals surface area contributed by atoms with Gasteiger partial charge in [-0.05, 0) is 35.9 Å². The average molecular weight is 434 g/mol. The smallest absolute Gasteiger partial charge is 0.271 e. The second kappa shape index (κ2) is 12.2. The predicted molar refractivity (Wildman–Crippen MR) is 124 cm³/mol. The minimum absolute atomic E-state index is 0.285. The molecule has 0 aliphatic heterocycles. The lowest BCUT2D eigenvalue weighted by molar-refractivity contribution is -0.129. The molecule has 0 saturated heterocycles. The molecule has 166 valence electrons. The molecule has 3 aromatic carbocycles. The molecule has 0 aromatic heterocycles. The summed E-state index contributed by atoms with van der Waals surface area (Å²) in [6.07, 6.45) is 5.32. The van der Waals surface area contributed by atoms with Crippen LogP contribution in [0.15, 0.2) is 71.8 Å². The lowest BCUT2D eigenvalue weighted by atomic mass is 10.0. The lowest BCUT2D eigenvalue weighted by Gasteiger charge is -2.12. The number of hydrogen-bond acceptors (Lipinski definition) is 5. The van der Waals surface area contributed by atoms with Gasteiger partial charge in [0, 0.05) is 17.4 Å². The van der Waals surface area contributed by atoms with E-state index < -0.39 is 0 Å². The summed E-state index contributed by atoms with van der Waals surface area (Å²) in [6, 6.07) is 20.7. The van der Waals surface area contributed by atoms with Crippen molar-refractivity contribution in [1.82, 2.24) is 10.9 Å². The molecule has 3 N–H and O–H groups in total. The molecule has 0 aliphatic rings. The Balaban J connectivity index is 1.57. The summed E-state index contributed by atoms with van der Waals surface area (Å²) in [4.78, 5) is 23.7. The topological polar surface area (TPSA) is 100 Å². The number of hydroxylamine groups is 1. The molecule has 0 fully saturated rings. The molecular formula is C25H27N3O4. The molecular weight excluding hydrogens is 406 g/mol. The Labute approximate surface area is 187 Å². The number of fused-ring (bicyclic) bond motifs is 1. The molecule has 2 amide bonds. The van der Waals surface area contributed by atoms with E-state index in [0.717, 1.165) is 47.8 Å². The van der Waals surface area contributed by atoms with Gasteiger partial charge in [-0.25, -0.2) is 10.9 Å². The number of amides is 2. The van der Waals surface area contributed by atoms with Crippen molar-refractivity contribution in [3.05, 3.63) is 77.9 Å². The van der Waals surface area contributed by atoms with E-state index in [1.807, 2.05) is 60.7 Å². The minimum atomic E-state index is -0.359. The van der Waals surface area contributed by atoms with Crippen LogP contribution in [0.4, 0.5) is 0 Å². The van der Waals surface area contributed by atoms with Crippen molar-refractivity contribution in [2.75, 3.05) is 6.61 Å².